The summed E-state index contributed by atoms with van der Waals surface area (Å²) in [7, 11) is 0. The number of nitrogens with two attached hydrogens (primary N) is 1. The molecule has 1 rings (SSSR count). The first-order valence-electron chi connectivity index (χ1n) is 7.82. The highest BCUT2D eigenvalue weighted by Crippen LogP contribution is 2.31. The zero-order valence-electron chi connectivity index (χ0n) is 13.8. The Morgan fingerprint density at radius 3 is 2.33 bits per heavy atom. The van der Waals surface area contributed by atoms with Crippen LogP contribution in [-0.2, 0) is 16.0 Å². The number of hydrogen-bond donors (Lipinski definition) is 3. The van der Waals surface area contributed by atoms with Crippen LogP contribution < -0.4 is 11.1 Å². The maximum absolute atomic E-state index is 14.2. The molecule has 5 nitrogen and oxygen atoms in total. The Balaban J connectivity index is 2.66. The first kappa shape index (κ1) is 20.0. The van der Waals surface area contributed by atoms with Crippen LogP contribution in [0.4, 0.5) is 8.78 Å². The molecule has 2 unspecified atom stereocenters. The van der Waals surface area contributed by atoms with Crippen LogP contribution in [0, 0.1) is 11.8 Å². The Morgan fingerprint density at radius 1 is 1.25 bits per heavy atom. The van der Waals surface area contributed by atoms with E-state index >= 15 is 0 Å². The molecule has 7 heteroatoms. The van der Waals surface area contributed by atoms with E-state index in [1.54, 1.807) is 13.8 Å². The van der Waals surface area contributed by atoms with Crippen LogP contribution in [-0.4, -0.2) is 35.5 Å². The number of halogens is 2. The number of carbonyl (C=O) groups is 2. The van der Waals surface area contributed by atoms with Gasteiger partial charge in [-0.3, -0.25) is 9.59 Å². The minimum Gasteiger partial charge on any atom is -0.386 e. The third kappa shape index (κ3) is 5.56. The van der Waals surface area contributed by atoms with Crippen molar-refractivity contribution in [1.29, 1.82) is 0 Å². The number of aliphatic hydroxyl groups excluding tert-OH is 1. The van der Waals surface area contributed by atoms with Crippen molar-refractivity contribution in [3.05, 3.63) is 35.9 Å². The zero-order valence-corrected chi connectivity index (χ0v) is 13.8. The van der Waals surface area contributed by atoms with Crippen LogP contribution in [0.25, 0.3) is 0 Å². The summed E-state index contributed by atoms with van der Waals surface area (Å²) < 4.78 is 28.4. The maximum Gasteiger partial charge on any atom is 0.349 e. The Bertz CT molecular complexity index is 550. The molecule has 0 aromatic heterocycles. The molecule has 4 N–H and O–H groups in total. The zero-order chi connectivity index (χ0) is 18.3. The summed E-state index contributed by atoms with van der Waals surface area (Å²) in [5, 5.41) is 12.1. The molecule has 0 spiro atoms. The molecule has 0 saturated heterocycles. The van der Waals surface area contributed by atoms with E-state index in [1.807, 2.05) is 30.3 Å². The van der Waals surface area contributed by atoms with Crippen molar-refractivity contribution < 1.29 is 23.5 Å². The molecule has 0 fully saturated rings. The molecular weight excluding hydrogens is 318 g/mol. The number of benzene rings is 1. The van der Waals surface area contributed by atoms with Gasteiger partial charge in [-0.05, 0) is 17.9 Å². The van der Waals surface area contributed by atoms with Gasteiger partial charge in [0.05, 0.1) is 0 Å². The molecule has 0 aliphatic rings. The SMILES string of the molecule is CC(C)C(CC(N)=O)C(O)C(F)(F)C(=O)NCCc1ccccc1. The summed E-state index contributed by atoms with van der Waals surface area (Å²) >= 11 is 0. The molecule has 0 saturated carbocycles. The summed E-state index contributed by atoms with van der Waals surface area (Å²) in [4.78, 5) is 22.8. The highest BCUT2D eigenvalue weighted by Gasteiger charge is 2.50. The third-order valence-electron chi connectivity index (χ3n) is 3.91. The van der Waals surface area contributed by atoms with Gasteiger partial charge in [0.1, 0.15) is 6.10 Å². The standard InChI is InChI=1S/C17H24F2N2O3/c1-11(2)13(10-14(20)22)15(23)17(18,19)16(24)21-9-8-12-6-4-3-5-7-12/h3-7,11,13,15,23H,8-10H2,1-2H3,(H2,20,22)(H,21,24). The van der Waals surface area contributed by atoms with Crippen molar-refractivity contribution in [1.82, 2.24) is 5.32 Å². The number of primary amides is 1. The lowest BCUT2D eigenvalue weighted by atomic mass is 9.84. The fourth-order valence-electron chi connectivity index (χ4n) is 2.43. The predicted molar refractivity (Wildman–Crippen MR) is 86.2 cm³/mol. The van der Waals surface area contributed by atoms with Crippen LogP contribution in [0.5, 0.6) is 0 Å². The van der Waals surface area contributed by atoms with Gasteiger partial charge in [0, 0.05) is 18.9 Å². The molecule has 1 aromatic rings. The Hall–Kier alpha value is -2.02. The molecule has 0 aliphatic carbocycles. The number of amides is 2. The molecule has 24 heavy (non-hydrogen) atoms. The Kier molecular flexibility index (Phi) is 7.28. The third-order valence-corrected chi connectivity index (χ3v) is 3.91. The number of rotatable bonds is 9. The Morgan fingerprint density at radius 2 is 1.83 bits per heavy atom. The van der Waals surface area contributed by atoms with E-state index in [0.29, 0.717) is 6.42 Å². The van der Waals surface area contributed by atoms with Crippen molar-refractivity contribution in [2.24, 2.45) is 17.6 Å². The molecule has 0 radical (unpaired) electrons. The molecule has 2 atom stereocenters. The highest BCUT2D eigenvalue weighted by molar-refractivity contribution is 5.84. The Labute approximate surface area is 140 Å². The summed E-state index contributed by atoms with van der Waals surface area (Å²) in [6, 6.07) is 9.10. The average molecular weight is 342 g/mol. The number of alkyl halides is 2. The molecule has 1 aromatic carbocycles. The molecule has 2 amide bonds. The molecule has 134 valence electrons. The van der Waals surface area contributed by atoms with E-state index < -0.39 is 42.1 Å². The first-order chi connectivity index (χ1) is 11.2. The maximum atomic E-state index is 14.2. The van der Waals surface area contributed by atoms with E-state index in [4.69, 9.17) is 5.73 Å². The number of hydrogen-bond acceptors (Lipinski definition) is 3. The van der Waals surface area contributed by atoms with Gasteiger partial charge in [-0.15, -0.1) is 0 Å². The van der Waals surface area contributed by atoms with Gasteiger partial charge in [-0.2, -0.15) is 8.78 Å². The summed E-state index contributed by atoms with van der Waals surface area (Å²) in [5.74, 6) is -7.89. The minimum atomic E-state index is -4.00. The largest absolute Gasteiger partial charge is 0.386 e. The lowest BCUT2D eigenvalue weighted by Crippen LogP contribution is -2.53. The molecule has 0 heterocycles. The number of nitrogens with one attached hydrogen (secondary N) is 1. The molecule has 0 aliphatic heterocycles. The van der Waals surface area contributed by atoms with Crippen molar-refractivity contribution in [2.75, 3.05) is 6.54 Å². The van der Waals surface area contributed by atoms with E-state index in [-0.39, 0.29) is 6.54 Å². The van der Waals surface area contributed by atoms with Gasteiger partial charge >= 0.3 is 5.92 Å². The fourth-order valence-corrected chi connectivity index (χ4v) is 2.43. The van der Waals surface area contributed by atoms with Gasteiger partial charge in [0.15, 0.2) is 0 Å². The van der Waals surface area contributed by atoms with Crippen LogP contribution in [0.15, 0.2) is 30.3 Å². The minimum absolute atomic E-state index is 0.0212. The van der Waals surface area contributed by atoms with Crippen molar-refractivity contribution in [3.8, 4) is 0 Å². The monoisotopic (exact) mass is 342 g/mol. The second kappa shape index (κ2) is 8.73. The van der Waals surface area contributed by atoms with Crippen LogP contribution in [0.2, 0.25) is 0 Å². The van der Waals surface area contributed by atoms with Gasteiger partial charge in [-0.1, -0.05) is 44.2 Å². The summed E-state index contributed by atoms with van der Waals surface area (Å²) in [6.45, 7) is 3.19. The topological polar surface area (TPSA) is 92.4 Å². The van der Waals surface area contributed by atoms with E-state index in [2.05, 4.69) is 5.32 Å². The fraction of sp³-hybridized carbons (Fsp3) is 0.529. The van der Waals surface area contributed by atoms with Gasteiger partial charge in [-0.25, -0.2) is 0 Å². The summed E-state index contributed by atoms with van der Waals surface area (Å²) in [5.41, 5.74) is 5.94. The first-order valence-corrected chi connectivity index (χ1v) is 7.82. The summed E-state index contributed by atoms with van der Waals surface area (Å²) in [6.07, 6.45) is -2.29. The smallest absolute Gasteiger partial charge is 0.349 e. The van der Waals surface area contributed by atoms with E-state index in [0.717, 1.165) is 5.56 Å². The van der Waals surface area contributed by atoms with Gasteiger partial charge in [0.2, 0.25) is 5.91 Å². The van der Waals surface area contributed by atoms with Crippen LogP contribution >= 0.6 is 0 Å². The highest BCUT2D eigenvalue weighted by atomic mass is 19.3. The second-order valence-corrected chi connectivity index (χ2v) is 6.14. The predicted octanol–water partition coefficient (Wildman–Crippen LogP) is 1.49. The normalized spacial score (nSPS) is 14.2. The van der Waals surface area contributed by atoms with E-state index in [9.17, 15) is 23.5 Å². The molecule has 0 bridgehead atoms. The van der Waals surface area contributed by atoms with Gasteiger partial charge in [0.25, 0.3) is 5.91 Å². The average Bonchev–Trinajstić information content (AvgIpc) is 2.52. The van der Waals surface area contributed by atoms with Crippen LogP contribution in [0.1, 0.15) is 25.8 Å². The second-order valence-electron chi connectivity index (χ2n) is 6.14. The lowest BCUT2D eigenvalue weighted by molar-refractivity contribution is -0.173. The van der Waals surface area contributed by atoms with Gasteiger partial charge < -0.3 is 16.2 Å². The van der Waals surface area contributed by atoms with Crippen molar-refractivity contribution >= 4 is 11.8 Å². The van der Waals surface area contributed by atoms with E-state index in [1.165, 1.54) is 0 Å². The molecular formula is C17H24F2N2O3. The van der Waals surface area contributed by atoms with Crippen molar-refractivity contribution in [3.63, 3.8) is 0 Å². The quantitative estimate of drug-likeness (QED) is 0.635. The van der Waals surface area contributed by atoms with Crippen LogP contribution in [0.3, 0.4) is 0 Å². The number of aliphatic hydroxyl groups is 1. The number of carbonyl (C=O) groups excluding carboxylic acids is 2. The van der Waals surface area contributed by atoms with Crippen molar-refractivity contribution in [2.45, 2.75) is 38.7 Å². The lowest BCUT2D eigenvalue weighted by Gasteiger charge is -2.30.